The fraction of sp³-hybridized carbons (Fsp3) is 0.333. The van der Waals surface area contributed by atoms with Crippen LogP contribution in [0.1, 0.15) is 32.8 Å². The van der Waals surface area contributed by atoms with Gasteiger partial charge in [-0.15, -0.1) is 0 Å². The standard InChI is InChI=1S/C24H26N4O3S/c1-5-19(22(29)25-17-12-8-9-13-18(17)31-4)32-24-26-16-11-7-6-10-15(16)21-27-20(14(2)3)23(30)28(21)24/h6-14,19-20H,5H2,1-4H3,(H,25,29)/t19-,20+/m1/s1. The summed E-state index contributed by atoms with van der Waals surface area (Å²) in [6, 6.07) is 14.5. The molecule has 2 amide bonds. The Kier molecular flexibility index (Phi) is 6.32. The van der Waals surface area contributed by atoms with E-state index >= 15 is 0 Å². The van der Waals surface area contributed by atoms with Crippen LogP contribution in [0.15, 0.2) is 58.5 Å². The quantitative estimate of drug-likeness (QED) is 0.704. The van der Waals surface area contributed by atoms with Gasteiger partial charge in [-0.3, -0.25) is 14.6 Å². The zero-order valence-electron chi connectivity index (χ0n) is 18.5. The zero-order chi connectivity index (χ0) is 22.8. The number of nitrogens with zero attached hydrogens (tertiary/aromatic N) is 3. The first kappa shape index (κ1) is 22.1. The third-order valence-corrected chi connectivity index (χ3v) is 6.72. The van der Waals surface area contributed by atoms with Crippen molar-refractivity contribution in [1.29, 1.82) is 0 Å². The van der Waals surface area contributed by atoms with Gasteiger partial charge in [-0.05, 0) is 36.6 Å². The monoisotopic (exact) mass is 450 g/mol. The van der Waals surface area contributed by atoms with E-state index in [0.29, 0.717) is 28.9 Å². The summed E-state index contributed by atoms with van der Waals surface area (Å²) in [7, 11) is 1.57. The fourth-order valence-electron chi connectivity index (χ4n) is 3.69. The maximum atomic E-state index is 13.2. The predicted octanol–water partition coefficient (Wildman–Crippen LogP) is 4.46. The molecular formula is C24H26N4O3S. The molecule has 0 saturated heterocycles. The number of thioether (sulfide) groups is 1. The topological polar surface area (TPSA) is 83.4 Å². The number of ether oxygens (including phenoxy) is 1. The van der Waals surface area contributed by atoms with Gasteiger partial charge in [-0.2, -0.15) is 0 Å². The van der Waals surface area contributed by atoms with E-state index in [2.05, 4.69) is 5.32 Å². The van der Waals surface area contributed by atoms with Crippen LogP contribution in [-0.2, 0) is 9.59 Å². The molecule has 0 aliphatic carbocycles. The summed E-state index contributed by atoms with van der Waals surface area (Å²) in [5.74, 6) is 0.995. The second-order valence-corrected chi connectivity index (χ2v) is 9.10. The normalized spacial score (nSPS) is 18.0. The second kappa shape index (κ2) is 9.16. The van der Waals surface area contributed by atoms with Gasteiger partial charge in [0.1, 0.15) is 17.6 Å². The van der Waals surface area contributed by atoms with Gasteiger partial charge in [0.15, 0.2) is 5.17 Å². The Morgan fingerprint density at radius 1 is 1.19 bits per heavy atom. The van der Waals surface area contributed by atoms with Crippen molar-refractivity contribution in [3.8, 4) is 5.75 Å². The number of nitrogens with one attached hydrogen (secondary N) is 1. The molecule has 2 atom stereocenters. The average molecular weight is 451 g/mol. The first-order valence-corrected chi connectivity index (χ1v) is 11.5. The Morgan fingerprint density at radius 3 is 2.62 bits per heavy atom. The van der Waals surface area contributed by atoms with Gasteiger partial charge < -0.3 is 10.1 Å². The number of carbonyl (C=O) groups is 2. The summed E-state index contributed by atoms with van der Waals surface area (Å²) in [6.45, 7) is 5.90. The summed E-state index contributed by atoms with van der Waals surface area (Å²) >= 11 is 1.29. The molecule has 0 saturated carbocycles. The van der Waals surface area contributed by atoms with E-state index in [1.165, 1.54) is 11.8 Å². The molecule has 0 aromatic heterocycles. The van der Waals surface area contributed by atoms with Crippen molar-refractivity contribution in [1.82, 2.24) is 4.90 Å². The summed E-state index contributed by atoms with van der Waals surface area (Å²) in [5, 5.41) is 2.98. The van der Waals surface area contributed by atoms with Gasteiger partial charge in [-0.1, -0.05) is 56.8 Å². The zero-order valence-corrected chi connectivity index (χ0v) is 19.3. The number of rotatable bonds is 6. The lowest BCUT2D eigenvalue weighted by atomic mass is 10.1. The van der Waals surface area contributed by atoms with E-state index in [4.69, 9.17) is 14.7 Å². The van der Waals surface area contributed by atoms with Crippen molar-refractivity contribution in [3.63, 3.8) is 0 Å². The summed E-state index contributed by atoms with van der Waals surface area (Å²) < 4.78 is 5.34. The lowest BCUT2D eigenvalue weighted by Gasteiger charge is -2.27. The van der Waals surface area contributed by atoms with Crippen molar-refractivity contribution in [2.24, 2.45) is 15.9 Å². The summed E-state index contributed by atoms with van der Waals surface area (Å²) in [5.41, 5.74) is 2.19. The van der Waals surface area contributed by atoms with E-state index in [-0.39, 0.29) is 17.7 Å². The van der Waals surface area contributed by atoms with Crippen LogP contribution in [0.5, 0.6) is 5.75 Å². The van der Waals surface area contributed by atoms with E-state index in [0.717, 1.165) is 11.3 Å². The molecule has 0 unspecified atom stereocenters. The third kappa shape index (κ3) is 4.02. The number of amides is 2. The predicted molar refractivity (Wildman–Crippen MR) is 129 cm³/mol. The van der Waals surface area contributed by atoms with Crippen LogP contribution in [-0.4, -0.2) is 46.1 Å². The van der Waals surface area contributed by atoms with Crippen LogP contribution in [0.2, 0.25) is 0 Å². The summed E-state index contributed by atoms with van der Waals surface area (Å²) in [4.78, 5) is 37.4. The number of fused-ring (bicyclic) bond motifs is 3. The highest BCUT2D eigenvalue weighted by atomic mass is 32.2. The fourth-order valence-corrected chi connectivity index (χ4v) is 4.71. The van der Waals surface area contributed by atoms with Crippen molar-refractivity contribution in [3.05, 3.63) is 54.1 Å². The number of para-hydroxylation sites is 3. The number of aliphatic imine (C=N–C) groups is 2. The SMILES string of the molecule is CC[C@@H](SC1=Nc2ccccc2C2=N[C@@H](C(C)C)C(=O)N12)C(=O)Nc1ccccc1OC. The molecule has 0 spiro atoms. The van der Waals surface area contributed by atoms with E-state index in [1.54, 1.807) is 24.1 Å². The van der Waals surface area contributed by atoms with Crippen LogP contribution in [0, 0.1) is 5.92 Å². The van der Waals surface area contributed by atoms with Crippen molar-refractivity contribution < 1.29 is 14.3 Å². The van der Waals surface area contributed by atoms with Gasteiger partial charge in [0.2, 0.25) is 5.91 Å². The van der Waals surface area contributed by atoms with E-state index < -0.39 is 11.3 Å². The third-order valence-electron chi connectivity index (χ3n) is 5.41. The molecule has 166 valence electrons. The first-order valence-electron chi connectivity index (χ1n) is 10.6. The minimum absolute atomic E-state index is 0.0647. The summed E-state index contributed by atoms with van der Waals surface area (Å²) in [6.07, 6.45) is 0.564. The van der Waals surface area contributed by atoms with Gasteiger partial charge >= 0.3 is 0 Å². The van der Waals surface area contributed by atoms with Gasteiger partial charge in [0, 0.05) is 5.56 Å². The molecule has 2 heterocycles. The molecule has 32 heavy (non-hydrogen) atoms. The molecular weight excluding hydrogens is 424 g/mol. The number of anilines is 1. The highest BCUT2D eigenvalue weighted by Crippen LogP contribution is 2.36. The van der Waals surface area contributed by atoms with Crippen LogP contribution in [0.3, 0.4) is 0 Å². The largest absolute Gasteiger partial charge is 0.495 e. The number of methoxy groups -OCH3 is 1. The molecule has 4 rings (SSSR count). The lowest BCUT2D eigenvalue weighted by Crippen LogP contribution is -2.43. The maximum absolute atomic E-state index is 13.2. The lowest BCUT2D eigenvalue weighted by molar-refractivity contribution is -0.125. The number of hydrogen-bond acceptors (Lipinski definition) is 6. The highest BCUT2D eigenvalue weighted by molar-refractivity contribution is 8.15. The Balaban J connectivity index is 1.63. The Morgan fingerprint density at radius 2 is 1.91 bits per heavy atom. The van der Waals surface area contributed by atoms with Gasteiger partial charge in [0.05, 0.1) is 23.7 Å². The maximum Gasteiger partial charge on any atom is 0.259 e. The molecule has 0 fully saturated rings. The minimum atomic E-state index is -0.454. The number of benzene rings is 2. The molecule has 0 bridgehead atoms. The van der Waals surface area contributed by atoms with Crippen molar-refractivity contribution in [2.45, 2.75) is 38.5 Å². The smallest absolute Gasteiger partial charge is 0.259 e. The Hall–Kier alpha value is -3.13. The molecule has 2 aromatic rings. The van der Waals surface area contributed by atoms with Gasteiger partial charge in [0.25, 0.3) is 5.91 Å². The van der Waals surface area contributed by atoms with Crippen molar-refractivity contribution >= 4 is 46.0 Å². The minimum Gasteiger partial charge on any atom is -0.495 e. The molecule has 2 aliphatic heterocycles. The second-order valence-electron chi connectivity index (χ2n) is 7.93. The molecule has 1 N–H and O–H groups in total. The molecule has 7 nitrogen and oxygen atoms in total. The highest BCUT2D eigenvalue weighted by Gasteiger charge is 2.43. The Labute approximate surface area is 192 Å². The molecule has 8 heteroatoms. The van der Waals surface area contributed by atoms with Crippen molar-refractivity contribution in [2.75, 3.05) is 12.4 Å². The number of carbonyl (C=O) groups excluding carboxylic acids is 2. The number of amidine groups is 2. The van der Waals surface area contributed by atoms with Gasteiger partial charge in [-0.25, -0.2) is 9.89 Å². The first-order chi connectivity index (χ1) is 15.4. The molecule has 2 aliphatic rings. The Bertz CT molecular complexity index is 1110. The van der Waals surface area contributed by atoms with E-state index in [9.17, 15) is 9.59 Å². The van der Waals surface area contributed by atoms with Crippen LogP contribution in [0.25, 0.3) is 0 Å². The number of hydrogen-bond donors (Lipinski definition) is 1. The molecule has 0 radical (unpaired) electrons. The van der Waals surface area contributed by atoms with E-state index in [1.807, 2.05) is 57.2 Å². The van der Waals surface area contributed by atoms with Crippen LogP contribution in [0.4, 0.5) is 11.4 Å². The van der Waals surface area contributed by atoms with Crippen LogP contribution < -0.4 is 10.1 Å². The average Bonchev–Trinajstić information content (AvgIpc) is 3.15. The molecule has 2 aromatic carbocycles. The van der Waals surface area contributed by atoms with Crippen LogP contribution >= 0.6 is 11.8 Å².